The molecule has 46 heavy (non-hydrogen) atoms. The number of carbonyl (C=O) groups is 3. The van der Waals surface area contributed by atoms with Gasteiger partial charge in [-0.05, 0) is 65.8 Å². The summed E-state index contributed by atoms with van der Waals surface area (Å²) in [4.78, 5) is 42.7. The van der Waals surface area contributed by atoms with Gasteiger partial charge in [0.15, 0.2) is 0 Å². The highest BCUT2D eigenvalue weighted by atomic mass is 16.2. The largest absolute Gasteiger partial charge is 0.348 e. The number of benzene rings is 3. The summed E-state index contributed by atoms with van der Waals surface area (Å²) >= 11 is 0. The number of carbonyl (C=O) groups excluding carboxylic acids is 3. The molecule has 0 heterocycles. The van der Waals surface area contributed by atoms with E-state index < -0.39 is 11.5 Å². The zero-order valence-electron chi connectivity index (χ0n) is 28.1. The van der Waals surface area contributed by atoms with Crippen LogP contribution in [0, 0.1) is 5.41 Å². The first-order chi connectivity index (χ1) is 22.0. The Morgan fingerprint density at radius 1 is 0.913 bits per heavy atom. The Morgan fingerprint density at radius 2 is 1.57 bits per heavy atom. The third-order valence-corrected chi connectivity index (χ3v) is 9.97. The van der Waals surface area contributed by atoms with E-state index in [0.717, 1.165) is 47.9 Å². The summed E-state index contributed by atoms with van der Waals surface area (Å²) in [6.45, 7) is 8.99. The van der Waals surface area contributed by atoms with Gasteiger partial charge in [0.2, 0.25) is 11.8 Å². The Labute approximate surface area is 274 Å². The second-order valence-corrected chi connectivity index (χ2v) is 14.4. The van der Waals surface area contributed by atoms with Crippen LogP contribution in [0.4, 0.5) is 0 Å². The maximum absolute atomic E-state index is 13.8. The van der Waals surface area contributed by atoms with Crippen molar-refractivity contribution in [3.8, 4) is 11.1 Å². The molecule has 0 saturated heterocycles. The van der Waals surface area contributed by atoms with Gasteiger partial charge in [0.25, 0.3) is 5.91 Å². The summed E-state index contributed by atoms with van der Waals surface area (Å²) in [5.41, 5.74) is 5.15. The Kier molecular flexibility index (Phi) is 10.1. The number of rotatable bonds is 9. The predicted octanol–water partition coefficient (Wildman–Crippen LogP) is 7.76. The lowest BCUT2D eigenvalue weighted by Gasteiger charge is -2.35. The van der Waals surface area contributed by atoms with Gasteiger partial charge >= 0.3 is 0 Å². The number of amides is 3. The van der Waals surface area contributed by atoms with Gasteiger partial charge in [-0.3, -0.25) is 14.4 Å². The maximum atomic E-state index is 13.8. The Balaban J connectivity index is 1.22. The maximum Gasteiger partial charge on any atom is 0.252 e. The third kappa shape index (κ3) is 7.60. The quantitative estimate of drug-likeness (QED) is 0.240. The molecule has 0 spiro atoms. The van der Waals surface area contributed by atoms with Crippen molar-refractivity contribution in [3.05, 3.63) is 107 Å². The smallest absolute Gasteiger partial charge is 0.252 e. The van der Waals surface area contributed by atoms with Crippen LogP contribution in [0.15, 0.2) is 90.5 Å². The van der Waals surface area contributed by atoms with Crippen LogP contribution < -0.4 is 10.6 Å². The average molecular weight is 620 g/mol. The third-order valence-electron chi connectivity index (χ3n) is 9.97. The Hall–Kier alpha value is -4.19. The second-order valence-electron chi connectivity index (χ2n) is 14.4. The lowest BCUT2D eigenvalue weighted by atomic mass is 9.75. The molecule has 2 N–H and O–H groups in total. The lowest BCUT2D eigenvalue weighted by Crippen LogP contribution is -2.48. The molecule has 3 aromatic rings. The Morgan fingerprint density at radius 3 is 2.20 bits per heavy atom. The molecule has 6 nitrogen and oxygen atoms in total. The summed E-state index contributed by atoms with van der Waals surface area (Å²) in [5, 5.41) is 6.26. The van der Waals surface area contributed by atoms with Crippen LogP contribution in [0.2, 0.25) is 0 Å². The predicted molar refractivity (Wildman–Crippen MR) is 185 cm³/mol. The highest BCUT2D eigenvalue weighted by molar-refractivity contribution is 6.01. The van der Waals surface area contributed by atoms with Gasteiger partial charge in [0.1, 0.15) is 6.04 Å². The summed E-state index contributed by atoms with van der Waals surface area (Å²) < 4.78 is 0. The van der Waals surface area contributed by atoms with Crippen molar-refractivity contribution in [2.45, 2.75) is 90.1 Å². The summed E-state index contributed by atoms with van der Waals surface area (Å²) in [6.07, 6.45) is 8.27. The second kappa shape index (κ2) is 14.1. The summed E-state index contributed by atoms with van der Waals surface area (Å²) in [7, 11) is 1.87. The molecule has 242 valence electrons. The SMILES string of the molecule is CN(C(=O)[C@@H](NC(=O)C1(C)CC=C(CNC(=O)c2ccccc2-c2ccc(C(C)(C)C)cc2)CC1)c1ccccc1)C1CCCC1. The van der Waals surface area contributed by atoms with Gasteiger partial charge in [-0.2, -0.15) is 0 Å². The van der Waals surface area contributed by atoms with Crippen molar-refractivity contribution in [1.82, 2.24) is 15.5 Å². The molecule has 3 amide bonds. The first kappa shape index (κ1) is 33.2. The van der Waals surface area contributed by atoms with Crippen LogP contribution >= 0.6 is 0 Å². The highest BCUT2D eigenvalue weighted by Crippen LogP contribution is 2.36. The lowest BCUT2D eigenvalue weighted by molar-refractivity contribution is -0.140. The van der Waals surface area contributed by atoms with Crippen molar-refractivity contribution in [1.29, 1.82) is 0 Å². The molecule has 2 aliphatic rings. The first-order valence-electron chi connectivity index (χ1n) is 16.7. The van der Waals surface area contributed by atoms with E-state index >= 15 is 0 Å². The minimum atomic E-state index is -0.717. The van der Waals surface area contributed by atoms with Crippen LogP contribution in [-0.2, 0) is 15.0 Å². The molecule has 6 heteroatoms. The van der Waals surface area contributed by atoms with Crippen LogP contribution in [0.1, 0.15) is 100 Å². The van der Waals surface area contributed by atoms with Crippen molar-refractivity contribution in [2.24, 2.45) is 5.41 Å². The van der Waals surface area contributed by atoms with Gasteiger partial charge in [0, 0.05) is 25.2 Å². The van der Waals surface area contributed by atoms with E-state index in [4.69, 9.17) is 0 Å². The summed E-state index contributed by atoms with van der Waals surface area (Å²) in [6, 6.07) is 25.2. The number of nitrogens with one attached hydrogen (secondary N) is 2. The van der Waals surface area contributed by atoms with E-state index in [-0.39, 0.29) is 29.2 Å². The topological polar surface area (TPSA) is 78.5 Å². The highest BCUT2D eigenvalue weighted by Gasteiger charge is 2.38. The van der Waals surface area contributed by atoms with Crippen LogP contribution in [0.5, 0.6) is 0 Å². The number of hydrogen-bond donors (Lipinski definition) is 2. The van der Waals surface area contributed by atoms with Crippen LogP contribution in [0.3, 0.4) is 0 Å². The van der Waals surface area contributed by atoms with Gasteiger partial charge in [-0.15, -0.1) is 0 Å². The molecule has 0 aliphatic heterocycles. The minimum absolute atomic E-state index is 0.0600. The molecular weight excluding hydrogens is 570 g/mol. The van der Waals surface area contributed by atoms with Gasteiger partial charge in [0.05, 0.1) is 5.41 Å². The van der Waals surface area contributed by atoms with E-state index in [1.54, 1.807) is 0 Å². The first-order valence-corrected chi connectivity index (χ1v) is 16.7. The number of allylic oxidation sites excluding steroid dienone is 1. The Bertz CT molecular complexity index is 1570. The van der Waals surface area contributed by atoms with Crippen molar-refractivity contribution < 1.29 is 14.4 Å². The molecule has 1 fully saturated rings. The molecule has 1 unspecified atom stereocenters. The monoisotopic (exact) mass is 619 g/mol. The zero-order valence-corrected chi connectivity index (χ0v) is 28.1. The van der Waals surface area contributed by atoms with E-state index in [1.165, 1.54) is 5.56 Å². The van der Waals surface area contributed by atoms with E-state index in [1.807, 2.05) is 73.5 Å². The fourth-order valence-electron chi connectivity index (χ4n) is 6.66. The van der Waals surface area contributed by atoms with E-state index in [0.29, 0.717) is 31.4 Å². The molecule has 0 aromatic heterocycles. The molecular formula is C40H49N3O3. The normalized spacial score (nSPS) is 19.2. The zero-order chi connectivity index (χ0) is 32.9. The number of likely N-dealkylation sites (N-methyl/N-ethyl adjacent to an activating group) is 1. The van der Waals surface area contributed by atoms with Crippen molar-refractivity contribution in [2.75, 3.05) is 13.6 Å². The number of nitrogens with zero attached hydrogens (tertiary/aromatic N) is 1. The molecule has 2 aliphatic carbocycles. The van der Waals surface area contributed by atoms with Crippen molar-refractivity contribution in [3.63, 3.8) is 0 Å². The van der Waals surface area contributed by atoms with Crippen LogP contribution in [0.25, 0.3) is 11.1 Å². The molecule has 2 atom stereocenters. The fourth-order valence-corrected chi connectivity index (χ4v) is 6.66. The van der Waals surface area contributed by atoms with E-state index in [2.05, 4.69) is 61.7 Å². The van der Waals surface area contributed by atoms with Gasteiger partial charge in [-0.1, -0.05) is 125 Å². The average Bonchev–Trinajstić information content (AvgIpc) is 3.61. The minimum Gasteiger partial charge on any atom is -0.348 e. The molecule has 0 radical (unpaired) electrons. The molecule has 5 rings (SSSR count). The number of hydrogen-bond acceptors (Lipinski definition) is 3. The standard InChI is InChI=1S/C40H49N3O3/c1-39(2,3)31-21-19-29(20-22-31)33-17-11-12-18-34(33)36(44)41-27-28-23-25-40(4,26-24-28)38(46)42-35(30-13-7-6-8-14-30)37(45)43(5)32-15-9-10-16-32/h6-8,11-14,17-23,32,35H,9-10,15-16,24-27H2,1-5H3,(H,41,44)(H,42,46)/t35-,40?/m0/s1. The van der Waals surface area contributed by atoms with Gasteiger partial charge < -0.3 is 15.5 Å². The molecule has 3 aromatic carbocycles. The summed E-state index contributed by atoms with van der Waals surface area (Å²) in [5.74, 6) is -0.284. The van der Waals surface area contributed by atoms with Gasteiger partial charge in [-0.25, -0.2) is 0 Å². The van der Waals surface area contributed by atoms with E-state index in [9.17, 15) is 14.4 Å². The fraction of sp³-hybridized carbons (Fsp3) is 0.425. The van der Waals surface area contributed by atoms with Crippen LogP contribution in [-0.4, -0.2) is 42.3 Å². The molecule has 0 bridgehead atoms. The van der Waals surface area contributed by atoms with Crippen molar-refractivity contribution >= 4 is 17.7 Å². The molecule has 1 saturated carbocycles.